The summed E-state index contributed by atoms with van der Waals surface area (Å²) in [4.78, 5) is 20.0. The Bertz CT molecular complexity index is 695. The topological polar surface area (TPSA) is 107 Å². The Hall–Kier alpha value is -2.06. The molecule has 9 heteroatoms. The number of nitrogens with two attached hydrogens (primary N) is 2. The van der Waals surface area contributed by atoms with Crippen molar-refractivity contribution in [1.29, 1.82) is 0 Å². The van der Waals surface area contributed by atoms with Crippen LogP contribution >= 0.6 is 23.4 Å². The second kappa shape index (κ2) is 6.80. The van der Waals surface area contributed by atoms with E-state index in [0.29, 0.717) is 0 Å². The molecule has 1 aromatic heterocycles. The fraction of sp³-hybridized carbons (Fsp3) is 0.154. The van der Waals surface area contributed by atoms with Crippen molar-refractivity contribution in [2.45, 2.75) is 17.3 Å². The van der Waals surface area contributed by atoms with Crippen LogP contribution in [0.5, 0.6) is 0 Å². The number of carbonyl (C=O) groups is 1. The molecule has 0 saturated carbocycles. The molecule has 0 fully saturated rings. The highest BCUT2D eigenvalue weighted by molar-refractivity contribution is 8.00. The van der Waals surface area contributed by atoms with Crippen LogP contribution in [0.15, 0.2) is 29.4 Å². The first-order valence-corrected chi connectivity index (χ1v) is 7.43. The summed E-state index contributed by atoms with van der Waals surface area (Å²) in [6.45, 7) is 1.64. The Balaban J connectivity index is 2.05. The lowest BCUT2D eigenvalue weighted by Crippen LogP contribution is -2.23. The molecular formula is C13H13ClFN5OS. The normalized spacial score (nSPS) is 12.0. The zero-order chi connectivity index (χ0) is 16.3. The van der Waals surface area contributed by atoms with Crippen molar-refractivity contribution in [3.63, 3.8) is 0 Å². The summed E-state index contributed by atoms with van der Waals surface area (Å²) in [6.07, 6.45) is 0. The molecule has 0 aliphatic heterocycles. The predicted molar refractivity (Wildman–Crippen MR) is 86.2 cm³/mol. The van der Waals surface area contributed by atoms with E-state index in [4.69, 9.17) is 23.1 Å². The monoisotopic (exact) mass is 341 g/mol. The molecule has 1 amide bonds. The zero-order valence-electron chi connectivity index (χ0n) is 11.5. The smallest absolute Gasteiger partial charge is 0.237 e. The molecule has 1 heterocycles. The van der Waals surface area contributed by atoms with Crippen LogP contribution in [-0.4, -0.2) is 21.1 Å². The van der Waals surface area contributed by atoms with E-state index in [1.165, 1.54) is 18.2 Å². The number of nitrogen functional groups attached to an aromatic ring is 2. The molecule has 2 aromatic rings. The fourth-order valence-corrected chi connectivity index (χ4v) is 2.51. The Morgan fingerprint density at radius 1 is 1.32 bits per heavy atom. The molecule has 0 spiro atoms. The van der Waals surface area contributed by atoms with E-state index in [9.17, 15) is 9.18 Å². The number of nitrogens with zero attached hydrogens (tertiary/aromatic N) is 2. The van der Waals surface area contributed by atoms with Gasteiger partial charge in [0.25, 0.3) is 0 Å². The maximum Gasteiger partial charge on any atom is 0.237 e. The first-order chi connectivity index (χ1) is 10.3. The van der Waals surface area contributed by atoms with E-state index < -0.39 is 17.0 Å². The van der Waals surface area contributed by atoms with Crippen molar-refractivity contribution in [2.24, 2.45) is 0 Å². The number of halogens is 2. The van der Waals surface area contributed by atoms with Gasteiger partial charge >= 0.3 is 0 Å². The second-order valence-corrected chi connectivity index (χ2v) is 6.12. The van der Waals surface area contributed by atoms with E-state index in [2.05, 4.69) is 15.3 Å². The summed E-state index contributed by atoms with van der Waals surface area (Å²) >= 11 is 6.72. The van der Waals surface area contributed by atoms with Crippen LogP contribution in [-0.2, 0) is 4.79 Å². The molecule has 0 radical (unpaired) electrons. The van der Waals surface area contributed by atoms with Crippen LogP contribution < -0.4 is 16.8 Å². The zero-order valence-corrected chi connectivity index (χ0v) is 13.1. The summed E-state index contributed by atoms with van der Waals surface area (Å²) < 4.78 is 13.6. The third-order valence-corrected chi connectivity index (χ3v) is 3.78. The Labute approximate surface area is 135 Å². The van der Waals surface area contributed by atoms with Crippen molar-refractivity contribution in [3.8, 4) is 0 Å². The number of hydrogen-bond donors (Lipinski definition) is 3. The van der Waals surface area contributed by atoms with Crippen molar-refractivity contribution < 1.29 is 9.18 Å². The van der Waals surface area contributed by atoms with Crippen molar-refractivity contribution in [3.05, 3.63) is 35.1 Å². The molecule has 5 N–H and O–H groups in total. The van der Waals surface area contributed by atoms with Gasteiger partial charge in [0.05, 0.1) is 10.9 Å². The number of anilines is 3. The summed E-state index contributed by atoms with van der Waals surface area (Å²) in [6, 6.07) is 5.41. The largest absolute Gasteiger partial charge is 0.383 e. The quantitative estimate of drug-likeness (QED) is 0.582. The Morgan fingerprint density at radius 2 is 1.95 bits per heavy atom. The molecule has 6 nitrogen and oxygen atoms in total. The SMILES string of the molecule is CC(Sc1nc(N)cc(N)n1)C(=O)Nc1ccc(Cl)cc1F. The van der Waals surface area contributed by atoms with Gasteiger partial charge in [-0.3, -0.25) is 4.79 Å². The number of rotatable bonds is 4. The van der Waals surface area contributed by atoms with Crippen molar-refractivity contribution in [1.82, 2.24) is 9.97 Å². The molecule has 0 aliphatic carbocycles. The van der Waals surface area contributed by atoms with Gasteiger partial charge in [-0.25, -0.2) is 14.4 Å². The summed E-state index contributed by atoms with van der Waals surface area (Å²) in [5.74, 6) is -0.587. The number of aromatic nitrogens is 2. The third-order valence-electron chi connectivity index (χ3n) is 2.59. The number of carbonyl (C=O) groups excluding carboxylic acids is 1. The highest BCUT2D eigenvalue weighted by Crippen LogP contribution is 2.24. The number of hydrogen-bond acceptors (Lipinski definition) is 6. The van der Waals surface area contributed by atoms with Crippen molar-refractivity contribution in [2.75, 3.05) is 16.8 Å². The van der Waals surface area contributed by atoms with Gasteiger partial charge in [-0.1, -0.05) is 23.4 Å². The van der Waals surface area contributed by atoms with E-state index in [1.807, 2.05) is 0 Å². The highest BCUT2D eigenvalue weighted by Gasteiger charge is 2.18. The summed E-state index contributed by atoms with van der Waals surface area (Å²) in [5, 5.41) is 2.43. The van der Waals surface area contributed by atoms with E-state index in [1.54, 1.807) is 6.92 Å². The number of benzene rings is 1. The Kier molecular flexibility index (Phi) is 5.04. The maximum atomic E-state index is 13.6. The van der Waals surface area contributed by atoms with Gasteiger partial charge in [-0.05, 0) is 25.1 Å². The minimum absolute atomic E-state index is 0.0508. The molecule has 116 valence electrons. The van der Waals surface area contributed by atoms with Crippen molar-refractivity contribution >= 4 is 46.6 Å². The molecule has 0 bridgehead atoms. The maximum absolute atomic E-state index is 13.6. The standard InChI is InChI=1S/C13H13ClFN5OS/c1-6(22-13-19-10(16)5-11(17)20-13)12(21)18-9-3-2-7(14)4-8(9)15/h2-6H,1H3,(H,18,21)(H4,16,17,19,20). The predicted octanol–water partition coefficient (Wildman–Crippen LogP) is 2.55. The number of nitrogens with one attached hydrogen (secondary N) is 1. The molecule has 1 atom stereocenters. The van der Waals surface area contributed by atoms with Gasteiger partial charge in [-0.15, -0.1) is 0 Å². The van der Waals surface area contributed by atoms with Crippen LogP contribution in [0.2, 0.25) is 5.02 Å². The van der Waals surface area contributed by atoms with Crippen LogP contribution in [0.3, 0.4) is 0 Å². The van der Waals surface area contributed by atoms with Gasteiger partial charge in [0.2, 0.25) is 5.91 Å². The lowest BCUT2D eigenvalue weighted by molar-refractivity contribution is -0.115. The molecular weight excluding hydrogens is 329 g/mol. The average molecular weight is 342 g/mol. The fourth-order valence-electron chi connectivity index (χ4n) is 1.55. The van der Waals surface area contributed by atoms with Gasteiger partial charge in [-0.2, -0.15) is 0 Å². The minimum atomic E-state index is -0.609. The van der Waals surface area contributed by atoms with Crippen LogP contribution in [0, 0.1) is 5.82 Å². The van der Waals surface area contributed by atoms with E-state index in [-0.39, 0.29) is 27.5 Å². The minimum Gasteiger partial charge on any atom is -0.383 e. The molecule has 22 heavy (non-hydrogen) atoms. The molecule has 0 aliphatic rings. The summed E-state index contributed by atoms with van der Waals surface area (Å²) in [7, 11) is 0. The first kappa shape index (κ1) is 16.3. The van der Waals surface area contributed by atoms with Gasteiger partial charge in [0, 0.05) is 11.1 Å². The lowest BCUT2D eigenvalue weighted by atomic mass is 10.3. The second-order valence-electron chi connectivity index (χ2n) is 4.37. The molecule has 1 unspecified atom stereocenters. The average Bonchev–Trinajstić information content (AvgIpc) is 2.40. The number of amides is 1. The van der Waals surface area contributed by atoms with Crippen LogP contribution in [0.1, 0.15) is 6.92 Å². The molecule has 2 rings (SSSR count). The van der Waals surface area contributed by atoms with Crippen LogP contribution in [0.4, 0.5) is 21.7 Å². The lowest BCUT2D eigenvalue weighted by Gasteiger charge is -2.12. The molecule has 1 aromatic carbocycles. The van der Waals surface area contributed by atoms with E-state index >= 15 is 0 Å². The van der Waals surface area contributed by atoms with Gasteiger partial charge in [0.1, 0.15) is 17.5 Å². The number of thioether (sulfide) groups is 1. The highest BCUT2D eigenvalue weighted by atomic mass is 35.5. The summed E-state index contributed by atoms with van der Waals surface area (Å²) in [5.41, 5.74) is 11.2. The van der Waals surface area contributed by atoms with Gasteiger partial charge in [0.15, 0.2) is 5.16 Å². The first-order valence-electron chi connectivity index (χ1n) is 6.18. The molecule has 0 saturated heterocycles. The van der Waals surface area contributed by atoms with E-state index in [0.717, 1.165) is 17.8 Å². The Morgan fingerprint density at radius 3 is 2.55 bits per heavy atom. The third kappa shape index (κ3) is 4.22. The van der Waals surface area contributed by atoms with Gasteiger partial charge < -0.3 is 16.8 Å². The van der Waals surface area contributed by atoms with Crippen LogP contribution in [0.25, 0.3) is 0 Å².